The maximum Gasteiger partial charge on any atom is 0.167 e. The van der Waals surface area contributed by atoms with Gasteiger partial charge in [0.05, 0.1) is 12.5 Å². The highest BCUT2D eigenvalue weighted by atomic mass is 32.2. The summed E-state index contributed by atoms with van der Waals surface area (Å²) in [6, 6.07) is 2.10. The van der Waals surface area contributed by atoms with E-state index in [0.29, 0.717) is 6.42 Å². The van der Waals surface area contributed by atoms with Crippen LogP contribution < -0.4 is 0 Å². The second-order valence-electron chi connectivity index (χ2n) is 2.02. The van der Waals surface area contributed by atoms with Crippen molar-refractivity contribution in [3.63, 3.8) is 0 Å². The second kappa shape index (κ2) is 4.04. The van der Waals surface area contributed by atoms with Crippen molar-refractivity contribution in [3.05, 3.63) is 12.4 Å². The monoisotopic (exact) mass is 167 g/mol. The van der Waals surface area contributed by atoms with E-state index in [1.807, 2.05) is 17.0 Å². The second-order valence-corrected chi connectivity index (χ2v) is 2.79. The van der Waals surface area contributed by atoms with Crippen molar-refractivity contribution in [3.8, 4) is 6.07 Å². The molecular weight excluding hydrogens is 158 g/mol. The summed E-state index contributed by atoms with van der Waals surface area (Å²) in [6.07, 6.45) is 6.17. The SMILES string of the molecule is CSc1nccn1CCC#N. The zero-order valence-corrected chi connectivity index (χ0v) is 7.14. The minimum Gasteiger partial charge on any atom is -0.325 e. The molecule has 0 aliphatic carbocycles. The van der Waals surface area contributed by atoms with Gasteiger partial charge in [-0.05, 0) is 6.26 Å². The molecule has 58 valence electrons. The van der Waals surface area contributed by atoms with Crippen LogP contribution in [0.4, 0.5) is 0 Å². The zero-order valence-electron chi connectivity index (χ0n) is 6.32. The van der Waals surface area contributed by atoms with Crippen LogP contribution in [0, 0.1) is 11.3 Å². The molecule has 0 saturated heterocycles. The highest BCUT2D eigenvalue weighted by Gasteiger charge is 1.98. The van der Waals surface area contributed by atoms with E-state index in [9.17, 15) is 0 Å². The van der Waals surface area contributed by atoms with Gasteiger partial charge in [-0.3, -0.25) is 0 Å². The van der Waals surface area contributed by atoms with E-state index >= 15 is 0 Å². The highest BCUT2D eigenvalue weighted by Crippen LogP contribution is 2.11. The average Bonchev–Trinajstić information content (AvgIpc) is 2.47. The molecule has 0 amide bonds. The van der Waals surface area contributed by atoms with Gasteiger partial charge in [0.1, 0.15) is 0 Å². The van der Waals surface area contributed by atoms with Crippen LogP contribution in [0.2, 0.25) is 0 Å². The van der Waals surface area contributed by atoms with Crippen LogP contribution >= 0.6 is 11.8 Å². The Morgan fingerprint density at radius 3 is 3.27 bits per heavy atom. The maximum absolute atomic E-state index is 8.34. The molecular formula is C7H9N3S. The first-order valence-electron chi connectivity index (χ1n) is 3.30. The molecule has 1 heterocycles. The van der Waals surface area contributed by atoms with E-state index in [0.717, 1.165) is 11.7 Å². The lowest BCUT2D eigenvalue weighted by atomic mass is 10.5. The van der Waals surface area contributed by atoms with Gasteiger partial charge in [-0.2, -0.15) is 5.26 Å². The first-order chi connectivity index (χ1) is 5.38. The van der Waals surface area contributed by atoms with Crippen LogP contribution in [-0.2, 0) is 6.54 Å². The zero-order chi connectivity index (χ0) is 8.10. The maximum atomic E-state index is 8.34. The van der Waals surface area contributed by atoms with Crippen molar-refractivity contribution < 1.29 is 0 Å². The predicted molar refractivity (Wildman–Crippen MR) is 44.2 cm³/mol. The van der Waals surface area contributed by atoms with E-state index < -0.39 is 0 Å². The van der Waals surface area contributed by atoms with Crippen LogP contribution in [0.3, 0.4) is 0 Å². The molecule has 4 heteroatoms. The number of rotatable bonds is 3. The van der Waals surface area contributed by atoms with E-state index in [1.165, 1.54) is 0 Å². The third kappa shape index (κ3) is 1.99. The molecule has 1 rings (SSSR count). The molecule has 1 aromatic rings. The van der Waals surface area contributed by atoms with E-state index in [4.69, 9.17) is 5.26 Å². The summed E-state index contributed by atoms with van der Waals surface area (Å²) in [7, 11) is 0. The minimum atomic E-state index is 0.546. The average molecular weight is 167 g/mol. The van der Waals surface area contributed by atoms with Gasteiger partial charge in [-0.1, -0.05) is 11.8 Å². The van der Waals surface area contributed by atoms with Gasteiger partial charge >= 0.3 is 0 Å². The number of aryl methyl sites for hydroxylation is 1. The molecule has 0 aliphatic heterocycles. The molecule has 0 N–H and O–H groups in total. The Balaban J connectivity index is 2.62. The Morgan fingerprint density at radius 2 is 2.64 bits per heavy atom. The van der Waals surface area contributed by atoms with E-state index in [1.54, 1.807) is 18.0 Å². The normalized spacial score (nSPS) is 9.45. The van der Waals surface area contributed by atoms with Crippen LogP contribution in [0.1, 0.15) is 6.42 Å². The van der Waals surface area contributed by atoms with Crippen LogP contribution in [0.25, 0.3) is 0 Å². The lowest BCUT2D eigenvalue weighted by Gasteiger charge is -2.00. The minimum absolute atomic E-state index is 0.546. The molecule has 0 aromatic carbocycles. The Hall–Kier alpha value is -0.950. The largest absolute Gasteiger partial charge is 0.325 e. The molecule has 0 radical (unpaired) electrons. The lowest BCUT2D eigenvalue weighted by molar-refractivity contribution is 0.648. The third-order valence-corrected chi connectivity index (χ3v) is 2.03. The fourth-order valence-corrected chi connectivity index (χ4v) is 1.38. The fraction of sp³-hybridized carbons (Fsp3) is 0.429. The summed E-state index contributed by atoms with van der Waals surface area (Å²) >= 11 is 1.59. The standard InChI is InChI=1S/C7H9N3S/c1-11-7-9-4-6-10(7)5-2-3-8/h4,6H,2,5H2,1H3. The Kier molecular flexibility index (Phi) is 2.99. The van der Waals surface area contributed by atoms with Gasteiger partial charge in [0.2, 0.25) is 0 Å². The van der Waals surface area contributed by atoms with Crippen LogP contribution in [-0.4, -0.2) is 15.8 Å². The van der Waals surface area contributed by atoms with Crippen LogP contribution in [0.15, 0.2) is 17.6 Å². The van der Waals surface area contributed by atoms with Crippen molar-refractivity contribution >= 4 is 11.8 Å². The molecule has 0 saturated carbocycles. The van der Waals surface area contributed by atoms with Gasteiger partial charge in [0.15, 0.2) is 5.16 Å². The Morgan fingerprint density at radius 1 is 1.82 bits per heavy atom. The third-order valence-electron chi connectivity index (χ3n) is 1.32. The first-order valence-corrected chi connectivity index (χ1v) is 4.53. The Labute approximate surface area is 70.0 Å². The van der Waals surface area contributed by atoms with Gasteiger partial charge in [-0.15, -0.1) is 0 Å². The molecule has 0 aliphatic rings. The van der Waals surface area contributed by atoms with Crippen LogP contribution in [0.5, 0.6) is 0 Å². The van der Waals surface area contributed by atoms with Gasteiger partial charge in [0.25, 0.3) is 0 Å². The number of hydrogen-bond donors (Lipinski definition) is 0. The van der Waals surface area contributed by atoms with Gasteiger partial charge in [0, 0.05) is 18.9 Å². The topological polar surface area (TPSA) is 41.6 Å². The number of nitriles is 1. The quantitative estimate of drug-likeness (QED) is 0.641. The summed E-state index contributed by atoms with van der Waals surface area (Å²) in [4.78, 5) is 4.10. The summed E-state index contributed by atoms with van der Waals surface area (Å²) < 4.78 is 1.98. The summed E-state index contributed by atoms with van der Waals surface area (Å²) in [5, 5.41) is 9.31. The highest BCUT2D eigenvalue weighted by molar-refractivity contribution is 7.98. The van der Waals surface area contributed by atoms with Crippen molar-refractivity contribution in [1.29, 1.82) is 5.26 Å². The smallest absolute Gasteiger partial charge is 0.167 e. The van der Waals surface area contributed by atoms with E-state index in [-0.39, 0.29) is 0 Å². The van der Waals surface area contributed by atoms with Crippen molar-refractivity contribution in [2.75, 3.05) is 6.26 Å². The molecule has 0 bridgehead atoms. The number of nitrogens with zero attached hydrogens (tertiary/aromatic N) is 3. The predicted octanol–water partition coefficient (Wildman–Crippen LogP) is 1.52. The fourth-order valence-electron chi connectivity index (χ4n) is 0.826. The van der Waals surface area contributed by atoms with Gasteiger partial charge in [-0.25, -0.2) is 4.98 Å². The molecule has 11 heavy (non-hydrogen) atoms. The number of thioether (sulfide) groups is 1. The first kappa shape index (κ1) is 8.15. The summed E-state index contributed by atoms with van der Waals surface area (Å²) in [5.41, 5.74) is 0. The molecule has 0 fully saturated rings. The van der Waals surface area contributed by atoms with Crippen molar-refractivity contribution in [1.82, 2.24) is 9.55 Å². The number of hydrogen-bond acceptors (Lipinski definition) is 3. The molecule has 3 nitrogen and oxygen atoms in total. The lowest BCUT2D eigenvalue weighted by Crippen LogP contribution is -1.96. The summed E-state index contributed by atoms with van der Waals surface area (Å²) in [5.74, 6) is 0. The van der Waals surface area contributed by atoms with Crippen molar-refractivity contribution in [2.24, 2.45) is 0 Å². The molecule has 0 atom stereocenters. The number of aromatic nitrogens is 2. The van der Waals surface area contributed by atoms with Gasteiger partial charge < -0.3 is 4.57 Å². The molecule has 0 unspecified atom stereocenters. The summed E-state index contributed by atoms with van der Waals surface area (Å²) in [6.45, 7) is 0.743. The Bertz CT molecular complexity index is 261. The number of imidazole rings is 1. The van der Waals surface area contributed by atoms with E-state index in [2.05, 4.69) is 11.1 Å². The van der Waals surface area contributed by atoms with Crippen molar-refractivity contribution in [2.45, 2.75) is 18.1 Å². The molecule has 0 spiro atoms. The molecule has 1 aromatic heterocycles.